The van der Waals surface area contributed by atoms with Gasteiger partial charge in [-0.15, -0.1) is 11.3 Å². The van der Waals surface area contributed by atoms with Gasteiger partial charge in [0, 0.05) is 27.9 Å². The molecule has 3 heteroatoms. The minimum atomic E-state index is 0.296. The summed E-state index contributed by atoms with van der Waals surface area (Å²) >= 11 is 1.98. The molecule has 0 aliphatic heterocycles. The summed E-state index contributed by atoms with van der Waals surface area (Å²) in [5.74, 6) is 0.994. The maximum atomic E-state index is 5.72. The van der Waals surface area contributed by atoms with Crippen LogP contribution in [-0.2, 0) is 19.4 Å². The van der Waals surface area contributed by atoms with E-state index in [4.69, 9.17) is 4.74 Å². The second-order valence-electron chi connectivity index (χ2n) is 5.59. The number of nitrogens with one attached hydrogen (secondary N) is 1. The second-order valence-corrected chi connectivity index (χ2v) is 6.81. The predicted octanol–water partition coefficient (Wildman–Crippen LogP) is 4.49. The molecule has 2 nitrogen and oxygen atoms in total. The number of hydrogen-bond donors (Lipinski definition) is 1. The number of benzene rings is 1. The van der Waals surface area contributed by atoms with Crippen LogP contribution in [-0.4, -0.2) is 6.61 Å². The van der Waals surface area contributed by atoms with Gasteiger partial charge in [-0.1, -0.05) is 18.2 Å². The summed E-state index contributed by atoms with van der Waals surface area (Å²) in [6.07, 6.45) is 3.89. The average molecular weight is 301 g/mol. The first-order valence-electron chi connectivity index (χ1n) is 7.83. The van der Waals surface area contributed by atoms with Crippen LogP contribution < -0.4 is 10.1 Å². The summed E-state index contributed by atoms with van der Waals surface area (Å²) in [5.41, 5.74) is 2.82. The third-order valence-electron chi connectivity index (χ3n) is 4.07. The van der Waals surface area contributed by atoms with Crippen molar-refractivity contribution in [3.05, 3.63) is 51.2 Å². The molecule has 1 atom stereocenters. The normalized spacial score (nSPS) is 15.0. The Morgan fingerprint density at radius 1 is 1.29 bits per heavy atom. The monoisotopic (exact) mass is 301 g/mol. The minimum Gasteiger partial charge on any atom is -0.494 e. The molecule has 0 spiro atoms. The number of hydrogen-bond acceptors (Lipinski definition) is 3. The molecule has 0 saturated carbocycles. The van der Waals surface area contributed by atoms with Crippen molar-refractivity contribution in [2.45, 2.75) is 45.7 Å². The Morgan fingerprint density at radius 3 is 2.95 bits per heavy atom. The lowest BCUT2D eigenvalue weighted by molar-refractivity contribution is 0.332. The predicted molar refractivity (Wildman–Crippen MR) is 89.2 cm³/mol. The second kappa shape index (κ2) is 6.63. The van der Waals surface area contributed by atoms with E-state index >= 15 is 0 Å². The van der Waals surface area contributed by atoms with E-state index < -0.39 is 0 Å². The summed E-state index contributed by atoms with van der Waals surface area (Å²) in [5, 5.41) is 3.63. The van der Waals surface area contributed by atoms with E-state index in [1.165, 1.54) is 29.7 Å². The highest BCUT2D eigenvalue weighted by atomic mass is 32.1. The molecule has 0 radical (unpaired) electrons. The van der Waals surface area contributed by atoms with Crippen LogP contribution >= 0.6 is 11.3 Å². The van der Waals surface area contributed by atoms with Crippen LogP contribution in [0.4, 0.5) is 0 Å². The van der Waals surface area contributed by atoms with Crippen molar-refractivity contribution in [1.29, 1.82) is 0 Å². The quantitative estimate of drug-likeness (QED) is 0.849. The van der Waals surface area contributed by atoms with E-state index in [2.05, 4.69) is 36.5 Å². The molecular weight excluding hydrogens is 278 g/mol. The van der Waals surface area contributed by atoms with Crippen molar-refractivity contribution in [2.75, 3.05) is 6.61 Å². The van der Waals surface area contributed by atoms with Crippen LogP contribution in [0.3, 0.4) is 0 Å². The Balaban J connectivity index is 1.64. The molecular formula is C18H23NOS. The fourth-order valence-corrected chi connectivity index (χ4v) is 4.18. The van der Waals surface area contributed by atoms with Crippen LogP contribution in [0.2, 0.25) is 0 Å². The molecule has 1 aromatic heterocycles. The maximum Gasteiger partial charge on any atom is 0.124 e. The Hall–Kier alpha value is -1.32. The van der Waals surface area contributed by atoms with E-state index in [1.54, 1.807) is 10.4 Å². The highest BCUT2D eigenvalue weighted by Crippen LogP contribution is 2.31. The van der Waals surface area contributed by atoms with Crippen LogP contribution in [0.25, 0.3) is 0 Å². The summed E-state index contributed by atoms with van der Waals surface area (Å²) < 4.78 is 5.72. The number of thiophene rings is 1. The zero-order valence-corrected chi connectivity index (χ0v) is 13.6. The highest BCUT2D eigenvalue weighted by molar-refractivity contribution is 7.12. The van der Waals surface area contributed by atoms with Crippen LogP contribution in [0.15, 0.2) is 30.3 Å². The molecule has 1 aliphatic carbocycles. The molecule has 0 fully saturated rings. The van der Waals surface area contributed by atoms with Crippen molar-refractivity contribution in [3.63, 3.8) is 0 Å². The van der Waals surface area contributed by atoms with Gasteiger partial charge in [-0.25, -0.2) is 0 Å². The number of rotatable bonds is 6. The van der Waals surface area contributed by atoms with Crippen molar-refractivity contribution in [3.8, 4) is 5.75 Å². The molecule has 1 aliphatic rings. The lowest BCUT2D eigenvalue weighted by atomic mass is 10.1. The lowest BCUT2D eigenvalue weighted by Crippen LogP contribution is -2.18. The van der Waals surface area contributed by atoms with E-state index in [0.717, 1.165) is 12.3 Å². The van der Waals surface area contributed by atoms with Crippen molar-refractivity contribution < 1.29 is 4.74 Å². The molecule has 21 heavy (non-hydrogen) atoms. The Kier molecular flexibility index (Phi) is 4.61. The molecule has 1 aromatic carbocycles. The smallest absolute Gasteiger partial charge is 0.124 e. The Labute approximate surface area is 131 Å². The molecule has 112 valence electrons. The van der Waals surface area contributed by atoms with Crippen molar-refractivity contribution in [2.24, 2.45) is 0 Å². The number of fused-ring (bicyclic) bond motifs is 1. The van der Waals surface area contributed by atoms with Gasteiger partial charge >= 0.3 is 0 Å². The van der Waals surface area contributed by atoms with E-state index in [0.29, 0.717) is 12.6 Å². The van der Waals surface area contributed by atoms with Crippen molar-refractivity contribution >= 4 is 11.3 Å². The van der Waals surface area contributed by atoms with Gasteiger partial charge in [-0.05, 0) is 50.8 Å². The first kappa shape index (κ1) is 14.6. The topological polar surface area (TPSA) is 21.3 Å². The van der Waals surface area contributed by atoms with Gasteiger partial charge in [0.1, 0.15) is 5.75 Å². The molecule has 1 heterocycles. The van der Waals surface area contributed by atoms with Crippen LogP contribution in [0, 0.1) is 0 Å². The fourth-order valence-electron chi connectivity index (χ4n) is 2.97. The molecule has 2 aromatic rings. The average Bonchev–Trinajstić information content (AvgIpc) is 3.07. The molecule has 0 saturated heterocycles. The Morgan fingerprint density at radius 2 is 2.14 bits per heavy atom. The minimum absolute atomic E-state index is 0.296. The molecule has 0 bridgehead atoms. The third kappa shape index (κ3) is 3.30. The third-order valence-corrected chi connectivity index (χ3v) is 5.30. The van der Waals surface area contributed by atoms with Crippen molar-refractivity contribution in [1.82, 2.24) is 5.32 Å². The standard InChI is InChI=1S/C18H23NOS/c1-3-20-17-9-5-4-8-16(17)13(2)19-12-15-11-14-7-6-10-18(14)21-15/h4-5,8-9,11,13,19H,3,6-7,10,12H2,1-2H3. The van der Waals surface area contributed by atoms with Crippen LogP contribution in [0.1, 0.15) is 47.2 Å². The van der Waals surface area contributed by atoms with Gasteiger partial charge in [0.15, 0.2) is 0 Å². The van der Waals surface area contributed by atoms with Crippen LogP contribution in [0.5, 0.6) is 5.75 Å². The summed E-state index contributed by atoms with van der Waals surface area (Å²) in [6.45, 7) is 5.89. The largest absolute Gasteiger partial charge is 0.494 e. The Bertz CT molecular complexity index is 584. The van der Waals surface area contributed by atoms with Gasteiger partial charge < -0.3 is 10.1 Å². The van der Waals surface area contributed by atoms with Gasteiger partial charge in [0.05, 0.1) is 6.61 Å². The van der Waals surface area contributed by atoms with Gasteiger partial charge in [0.2, 0.25) is 0 Å². The van der Waals surface area contributed by atoms with Gasteiger partial charge in [-0.2, -0.15) is 0 Å². The fraction of sp³-hybridized carbons (Fsp3) is 0.444. The molecule has 3 rings (SSSR count). The number of ether oxygens (including phenoxy) is 1. The molecule has 1 N–H and O–H groups in total. The van der Waals surface area contributed by atoms with Gasteiger partial charge in [0.25, 0.3) is 0 Å². The summed E-state index contributed by atoms with van der Waals surface area (Å²) in [6, 6.07) is 11.0. The number of aryl methyl sites for hydroxylation is 2. The summed E-state index contributed by atoms with van der Waals surface area (Å²) in [4.78, 5) is 3.06. The molecule has 1 unspecified atom stereocenters. The maximum absolute atomic E-state index is 5.72. The zero-order valence-electron chi connectivity index (χ0n) is 12.8. The van der Waals surface area contributed by atoms with E-state index in [1.807, 2.05) is 24.3 Å². The SMILES string of the molecule is CCOc1ccccc1C(C)NCc1cc2c(s1)CCC2. The first-order chi connectivity index (χ1) is 10.3. The highest BCUT2D eigenvalue weighted by Gasteiger charge is 2.16. The first-order valence-corrected chi connectivity index (χ1v) is 8.65. The molecule has 0 amide bonds. The zero-order chi connectivity index (χ0) is 14.7. The van der Waals surface area contributed by atoms with E-state index in [9.17, 15) is 0 Å². The van der Waals surface area contributed by atoms with Gasteiger partial charge in [-0.3, -0.25) is 0 Å². The number of para-hydroxylation sites is 1. The summed E-state index contributed by atoms with van der Waals surface area (Å²) in [7, 11) is 0. The van der Waals surface area contributed by atoms with E-state index in [-0.39, 0.29) is 0 Å². The lowest BCUT2D eigenvalue weighted by Gasteiger charge is -2.17.